The van der Waals surface area contributed by atoms with Gasteiger partial charge in [0.2, 0.25) is 0 Å². The van der Waals surface area contributed by atoms with Crippen molar-refractivity contribution in [2.45, 2.75) is 25.7 Å². The molecule has 1 aromatic rings. The van der Waals surface area contributed by atoms with Gasteiger partial charge in [-0.25, -0.2) is 5.01 Å². The first-order chi connectivity index (χ1) is 7.74. The Morgan fingerprint density at radius 2 is 2.06 bits per heavy atom. The smallest absolute Gasteiger partial charge is 0.252 e. The van der Waals surface area contributed by atoms with Crippen molar-refractivity contribution < 1.29 is 4.79 Å². The number of nitrogens with zero attached hydrogens (tertiary/aromatic N) is 1. The molecule has 1 aliphatic carbocycles. The van der Waals surface area contributed by atoms with E-state index in [1.807, 2.05) is 6.07 Å². The molecule has 0 aromatic heterocycles. The highest BCUT2D eigenvalue weighted by Gasteiger charge is 2.26. The Kier molecular flexibility index (Phi) is 2.17. The van der Waals surface area contributed by atoms with Crippen molar-refractivity contribution in [3.05, 3.63) is 29.3 Å². The van der Waals surface area contributed by atoms with Crippen molar-refractivity contribution >= 4 is 28.8 Å². The summed E-state index contributed by atoms with van der Waals surface area (Å²) in [4.78, 5) is 12.3. The molecule has 16 heavy (non-hydrogen) atoms. The van der Waals surface area contributed by atoms with Gasteiger partial charge in [-0.05, 0) is 42.5 Å². The average molecular weight is 232 g/mol. The van der Waals surface area contributed by atoms with Gasteiger partial charge in [-0.1, -0.05) is 18.3 Å². The molecule has 1 aromatic carbocycles. The van der Waals surface area contributed by atoms with E-state index in [4.69, 9.17) is 12.2 Å². The van der Waals surface area contributed by atoms with Crippen LogP contribution in [-0.4, -0.2) is 10.9 Å². The van der Waals surface area contributed by atoms with Crippen LogP contribution in [0, 0.1) is 0 Å². The monoisotopic (exact) mass is 232 g/mol. The topological polar surface area (TPSA) is 32.3 Å². The number of hydrogen-bond acceptors (Lipinski definition) is 2. The lowest BCUT2D eigenvalue weighted by atomic mass is 10.1. The van der Waals surface area contributed by atoms with E-state index in [1.165, 1.54) is 17.5 Å². The third-order valence-electron chi connectivity index (χ3n) is 3.14. The molecule has 4 heteroatoms. The van der Waals surface area contributed by atoms with Gasteiger partial charge in [0, 0.05) is 0 Å². The largest absolute Gasteiger partial charge is 0.284 e. The predicted octanol–water partition coefficient (Wildman–Crippen LogP) is 1.74. The molecule has 0 radical (unpaired) electrons. The molecule has 0 atom stereocenters. The Morgan fingerprint density at radius 3 is 2.81 bits per heavy atom. The van der Waals surface area contributed by atoms with Gasteiger partial charge in [0.25, 0.3) is 5.91 Å². The second kappa shape index (κ2) is 3.56. The van der Waals surface area contributed by atoms with E-state index in [9.17, 15) is 4.79 Å². The van der Waals surface area contributed by atoms with E-state index < -0.39 is 0 Å². The minimum absolute atomic E-state index is 0.0305. The van der Waals surface area contributed by atoms with Crippen LogP contribution in [0.2, 0.25) is 0 Å². The lowest BCUT2D eigenvalue weighted by molar-refractivity contribution is -0.116. The van der Waals surface area contributed by atoms with Crippen LogP contribution in [0.15, 0.2) is 18.2 Å². The average Bonchev–Trinajstić information content (AvgIpc) is 2.83. The zero-order valence-electron chi connectivity index (χ0n) is 8.82. The number of rotatable bonds is 1. The predicted molar refractivity (Wildman–Crippen MR) is 66.3 cm³/mol. The van der Waals surface area contributed by atoms with Crippen LogP contribution in [0.4, 0.5) is 5.69 Å². The highest BCUT2D eigenvalue weighted by atomic mass is 32.1. The van der Waals surface area contributed by atoms with E-state index >= 15 is 0 Å². The molecular weight excluding hydrogens is 220 g/mol. The van der Waals surface area contributed by atoms with Crippen molar-refractivity contribution in [2.24, 2.45) is 0 Å². The van der Waals surface area contributed by atoms with Crippen LogP contribution in [0.1, 0.15) is 24.0 Å². The lowest BCUT2D eigenvalue weighted by Gasteiger charge is -2.16. The number of carbonyl (C=O) groups excluding carboxylic acids is 1. The van der Waals surface area contributed by atoms with Gasteiger partial charge in [-0.2, -0.15) is 0 Å². The quantitative estimate of drug-likeness (QED) is 0.749. The number of hydrogen-bond donors (Lipinski definition) is 1. The molecule has 0 spiro atoms. The number of thiocarbonyl (C=S) groups is 1. The van der Waals surface area contributed by atoms with Gasteiger partial charge in [0.05, 0.1) is 12.1 Å². The standard InChI is InChI=1S/C12H12N2OS/c15-12-7-11(16)13-14(12)10-5-4-8-2-1-3-9(8)6-10/h4-6H,1-3,7H2,(H,13,16). The zero-order chi connectivity index (χ0) is 11.1. The summed E-state index contributed by atoms with van der Waals surface area (Å²) in [5.74, 6) is 0.0305. The molecule has 82 valence electrons. The number of fused-ring (bicyclic) bond motifs is 1. The Labute approximate surface area is 99.4 Å². The van der Waals surface area contributed by atoms with E-state index in [1.54, 1.807) is 5.01 Å². The summed E-state index contributed by atoms with van der Waals surface area (Å²) in [7, 11) is 0. The van der Waals surface area contributed by atoms with Crippen LogP contribution < -0.4 is 10.4 Å². The fourth-order valence-electron chi connectivity index (χ4n) is 2.35. The maximum absolute atomic E-state index is 11.7. The highest BCUT2D eigenvalue weighted by molar-refractivity contribution is 7.80. The molecule has 0 saturated carbocycles. The van der Waals surface area contributed by atoms with Crippen LogP contribution in [-0.2, 0) is 17.6 Å². The van der Waals surface area contributed by atoms with Crippen molar-refractivity contribution in [2.75, 3.05) is 5.01 Å². The van der Waals surface area contributed by atoms with Gasteiger partial charge in [-0.3, -0.25) is 10.2 Å². The van der Waals surface area contributed by atoms with E-state index in [0.29, 0.717) is 11.4 Å². The summed E-state index contributed by atoms with van der Waals surface area (Å²) in [6.07, 6.45) is 3.83. The van der Waals surface area contributed by atoms with Crippen LogP contribution in [0.3, 0.4) is 0 Å². The minimum atomic E-state index is 0.0305. The SMILES string of the molecule is O=C1CC(=S)NN1c1ccc2c(c1)CCC2. The first kappa shape index (κ1) is 9.78. The van der Waals surface area contributed by atoms with Crippen LogP contribution >= 0.6 is 12.2 Å². The molecule has 3 nitrogen and oxygen atoms in total. The van der Waals surface area contributed by atoms with Crippen molar-refractivity contribution in [3.63, 3.8) is 0 Å². The third-order valence-corrected chi connectivity index (χ3v) is 3.37. The summed E-state index contributed by atoms with van der Waals surface area (Å²) in [6, 6.07) is 6.21. The van der Waals surface area contributed by atoms with E-state index in [0.717, 1.165) is 18.5 Å². The first-order valence-corrected chi connectivity index (χ1v) is 5.89. The summed E-state index contributed by atoms with van der Waals surface area (Å²) in [5, 5.41) is 1.56. The summed E-state index contributed by atoms with van der Waals surface area (Å²) >= 11 is 5.00. The molecule has 0 bridgehead atoms. The molecule has 1 aliphatic heterocycles. The maximum atomic E-state index is 11.7. The maximum Gasteiger partial charge on any atom is 0.252 e. The van der Waals surface area contributed by atoms with Gasteiger partial charge >= 0.3 is 0 Å². The summed E-state index contributed by atoms with van der Waals surface area (Å²) < 4.78 is 0. The van der Waals surface area contributed by atoms with E-state index in [-0.39, 0.29) is 5.91 Å². The fourth-order valence-corrected chi connectivity index (χ4v) is 2.56. The Bertz CT molecular complexity index is 484. The van der Waals surface area contributed by atoms with Gasteiger partial charge < -0.3 is 0 Å². The van der Waals surface area contributed by atoms with Gasteiger partial charge in [0.1, 0.15) is 4.99 Å². The number of benzene rings is 1. The molecule has 0 unspecified atom stereocenters. The first-order valence-electron chi connectivity index (χ1n) is 5.48. The molecule has 2 aliphatic rings. The molecule has 1 amide bonds. The zero-order valence-corrected chi connectivity index (χ0v) is 9.64. The number of anilines is 1. The molecule has 1 saturated heterocycles. The molecular formula is C12H12N2OS. The number of amides is 1. The second-order valence-corrected chi connectivity index (χ2v) is 4.74. The molecule has 1 heterocycles. The molecule has 1 N–H and O–H groups in total. The minimum Gasteiger partial charge on any atom is -0.284 e. The van der Waals surface area contributed by atoms with Crippen molar-refractivity contribution in [1.29, 1.82) is 0 Å². The highest BCUT2D eigenvalue weighted by Crippen LogP contribution is 2.27. The summed E-state index contributed by atoms with van der Waals surface area (Å²) in [6.45, 7) is 0. The Balaban J connectivity index is 1.95. The normalized spacial score (nSPS) is 18.9. The van der Waals surface area contributed by atoms with Gasteiger partial charge in [0.15, 0.2) is 0 Å². The third kappa shape index (κ3) is 1.50. The lowest BCUT2D eigenvalue weighted by Crippen LogP contribution is -2.35. The number of carbonyl (C=O) groups is 1. The van der Waals surface area contributed by atoms with Crippen molar-refractivity contribution in [1.82, 2.24) is 5.43 Å². The van der Waals surface area contributed by atoms with Crippen LogP contribution in [0.25, 0.3) is 0 Å². The Hall–Kier alpha value is -1.42. The number of hydrazine groups is 1. The van der Waals surface area contributed by atoms with Crippen molar-refractivity contribution in [3.8, 4) is 0 Å². The Morgan fingerprint density at radius 1 is 1.25 bits per heavy atom. The number of aryl methyl sites for hydroxylation is 2. The molecule has 1 fully saturated rings. The fraction of sp³-hybridized carbons (Fsp3) is 0.333. The van der Waals surface area contributed by atoms with Gasteiger partial charge in [-0.15, -0.1) is 0 Å². The second-order valence-electron chi connectivity index (χ2n) is 4.25. The van der Waals surface area contributed by atoms with E-state index in [2.05, 4.69) is 17.6 Å². The van der Waals surface area contributed by atoms with Crippen LogP contribution in [0.5, 0.6) is 0 Å². The summed E-state index contributed by atoms with van der Waals surface area (Å²) in [5.41, 5.74) is 6.61. The molecule has 3 rings (SSSR count). The number of nitrogens with one attached hydrogen (secondary N) is 1.